The lowest BCUT2D eigenvalue weighted by Crippen LogP contribution is -2.12. The zero-order valence-corrected chi connectivity index (χ0v) is 9.94. The van der Waals surface area contributed by atoms with E-state index in [9.17, 15) is 4.39 Å². The van der Waals surface area contributed by atoms with Crippen LogP contribution in [0.3, 0.4) is 0 Å². The Morgan fingerprint density at radius 3 is 3.00 bits per heavy atom. The predicted molar refractivity (Wildman–Crippen MR) is 66.4 cm³/mol. The Labute approximate surface area is 104 Å². The molecule has 2 N–H and O–H groups in total. The van der Waals surface area contributed by atoms with E-state index in [1.807, 2.05) is 13.0 Å². The molecule has 0 aliphatic rings. The zero-order valence-electron chi connectivity index (χ0n) is 9.94. The SMILES string of the molecule is CCC(Nc1cccc(F)c1C#N)c1ncc[nH]1. The van der Waals surface area contributed by atoms with Crippen molar-refractivity contribution in [3.05, 3.63) is 47.8 Å². The van der Waals surface area contributed by atoms with Gasteiger partial charge in [-0.2, -0.15) is 5.26 Å². The minimum atomic E-state index is -0.517. The van der Waals surface area contributed by atoms with Gasteiger partial charge in [0.1, 0.15) is 23.3 Å². The van der Waals surface area contributed by atoms with Crippen LogP contribution in [0, 0.1) is 17.1 Å². The third-order valence-corrected chi connectivity index (χ3v) is 2.71. The van der Waals surface area contributed by atoms with Gasteiger partial charge in [0.05, 0.1) is 11.7 Å². The molecule has 1 unspecified atom stereocenters. The number of halogens is 1. The highest BCUT2D eigenvalue weighted by Gasteiger charge is 2.15. The second-order valence-corrected chi connectivity index (χ2v) is 3.85. The van der Waals surface area contributed by atoms with Crippen LogP contribution in [0.1, 0.15) is 30.8 Å². The first-order chi connectivity index (χ1) is 8.76. The number of anilines is 1. The number of aromatic nitrogens is 2. The molecule has 2 aromatic rings. The van der Waals surface area contributed by atoms with Crippen LogP contribution in [0.4, 0.5) is 10.1 Å². The van der Waals surface area contributed by atoms with Crippen molar-refractivity contribution >= 4 is 5.69 Å². The van der Waals surface area contributed by atoms with Gasteiger partial charge in [0.25, 0.3) is 0 Å². The minimum absolute atomic E-state index is 0.0301. The summed E-state index contributed by atoms with van der Waals surface area (Å²) in [5.74, 6) is 0.252. The summed E-state index contributed by atoms with van der Waals surface area (Å²) in [7, 11) is 0. The Bertz CT molecular complexity index is 557. The van der Waals surface area contributed by atoms with Crippen molar-refractivity contribution < 1.29 is 4.39 Å². The van der Waals surface area contributed by atoms with Crippen LogP contribution < -0.4 is 5.32 Å². The number of hydrogen-bond acceptors (Lipinski definition) is 3. The van der Waals surface area contributed by atoms with Crippen LogP contribution in [0.2, 0.25) is 0 Å². The van der Waals surface area contributed by atoms with Crippen LogP contribution in [0.15, 0.2) is 30.6 Å². The third-order valence-electron chi connectivity index (χ3n) is 2.71. The van der Waals surface area contributed by atoms with Crippen molar-refractivity contribution in [1.29, 1.82) is 5.26 Å². The van der Waals surface area contributed by atoms with E-state index in [2.05, 4.69) is 15.3 Å². The van der Waals surface area contributed by atoms with E-state index >= 15 is 0 Å². The first-order valence-electron chi connectivity index (χ1n) is 5.70. The fraction of sp³-hybridized carbons (Fsp3) is 0.231. The standard InChI is InChI=1S/C13H13FN4/c1-2-11(13-16-6-7-17-13)18-12-5-3-4-10(14)9(12)8-15/h3-7,11,18H,2H2,1H3,(H,16,17). The molecule has 0 bridgehead atoms. The van der Waals surface area contributed by atoms with Crippen LogP contribution >= 0.6 is 0 Å². The van der Waals surface area contributed by atoms with Crippen molar-refractivity contribution in [3.8, 4) is 6.07 Å². The zero-order chi connectivity index (χ0) is 13.0. The van der Waals surface area contributed by atoms with E-state index in [1.54, 1.807) is 24.5 Å². The third kappa shape index (κ3) is 2.33. The van der Waals surface area contributed by atoms with Gasteiger partial charge in [0.2, 0.25) is 0 Å². The predicted octanol–water partition coefficient (Wildman–Crippen LogP) is 2.98. The summed E-state index contributed by atoms with van der Waals surface area (Å²) in [4.78, 5) is 7.18. The summed E-state index contributed by atoms with van der Waals surface area (Å²) in [6.07, 6.45) is 4.17. The molecule has 0 aliphatic carbocycles. The molecule has 0 radical (unpaired) electrons. The van der Waals surface area contributed by atoms with E-state index < -0.39 is 5.82 Å². The summed E-state index contributed by atoms with van der Waals surface area (Å²) in [6.45, 7) is 1.99. The average molecular weight is 244 g/mol. The number of nitrogens with one attached hydrogen (secondary N) is 2. The molecule has 18 heavy (non-hydrogen) atoms. The highest BCUT2D eigenvalue weighted by molar-refractivity contribution is 5.58. The Kier molecular flexibility index (Phi) is 3.58. The van der Waals surface area contributed by atoms with E-state index in [-0.39, 0.29) is 11.6 Å². The Morgan fingerprint density at radius 2 is 2.39 bits per heavy atom. The first-order valence-corrected chi connectivity index (χ1v) is 5.70. The van der Waals surface area contributed by atoms with Gasteiger partial charge in [-0.05, 0) is 18.6 Å². The quantitative estimate of drug-likeness (QED) is 0.869. The Morgan fingerprint density at radius 1 is 1.56 bits per heavy atom. The lowest BCUT2D eigenvalue weighted by Gasteiger charge is -2.17. The van der Waals surface area contributed by atoms with Gasteiger partial charge in [-0.15, -0.1) is 0 Å². The highest BCUT2D eigenvalue weighted by atomic mass is 19.1. The Hall–Kier alpha value is -2.35. The number of hydrogen-bond donors (Lipinski definition) is 2. The normalized spacial score (nSPS) is 11.8. The summed E-state index contributed by atoms with van der Waals surface area (Å²) in [5.41, 5.74) is 0.517. The van der Waals surface area contributed by atoms with Crippen molar-refractivity contribution in [2.45, 2.75) is 19.4 Å². The number of aromatic amines is 1. The van der Waals surface area contributed by atoms with Gasteiger partial charge in [-0.3, -0.25) is 0 Å². The molecule has 1 aromatic carbocycles. The molecule has 5 heteroatoms. The van der Waals surface area contributed by atoms with E-state index in [0.717, 1.165) is 12.2 Å². The van der Waals surface area contributed by atoms with Gasteiger partial charge >= 0.3 is 0 Å². The molecular formula is C13H13FN4. The number of nitrogens with zero attached hydrogens (tertiary/aromatic N) is 2. The van der Waals surface area contributed by atoms with Crippen molar-refractivity contribution in [2.24, 2.45) is 0 Å². The van der Waals surface area contributed by atoms with Crippen molar-refractivity contribution in [1.82, 2.24) is 9.97 Å². The summed E-state index contributed by atoms with van der Waals surface area (Å²) in [6, 6.07) is 6.34. The Balaban J connectivity index is 2.29. The van der Waals surface area contributed by atoms with Crippen LogP contribution in [0.5, 0.6) is 0 Å². The van der Waals surface area contributed by atoms with Gasteiger partial charge < -0.3 is 10.3 Å². The molecular weight excluding hydrogens is 231 g/mol. The maximum atomic E-state index is 13.5. The number of benzene rings is 1. The van der Waals surface area contributed by atoms with E-state index in [4.69, 9.17) is 5.26 Å². The highest BCUT2D eigenvalue weighted by Crippen LogP contribution is 2.24. The fourth-order valence-electron chi connectivity index (χ4n) is 1.78. The monoisotopic (exact) mass is 244 g/mol. The molecule has 92 valence electrons. The van der Waals surface area contributed by atoms with Gasteiger partial charge in [-0.25, -0.2) is 9.37 Å². The lowest BCUT2D eigenvalue weighted by molar-refractivity contribution is 0.623. The number of H-pyrrole nitrogens is 1. The molecule has 4 nitrogen and oxygen atoms in total. The molecule has 0 amide bonds. The molecule has 1 heterocycles. The fourth-order valence-corrected chi connectivity index (χ4v) is 1.78. The van der Waals surface area contributed by atoms with Crippen molar-refractivity contribution in [2.75, 3.05) is 5.32 Å². The van der Waals surface area contributed by atoms with Crippen LogP contribution in [0.25, 0.3) is 0 Å². The molecule has 0 saturated heterocycles. The number of rotatable bonds is 4. The summed E-state index contributed by atoms with van der Waals surface area (Å²) in [5, 5.41) is 12.1. The second kappa shape index (κ2) is 5.32. The summed E-state index contributed by atoms with van der Waals surface area (Å²) < 4.78 is 13.5. The minimum Gasteiger partial charge on any atom is -0.374 e. The maximum absolute atomic E-state index is 13.5. The molecule has 2 rings (SSSR count). The second-order valence-electron chi connectivity index (χ2n) is 3.85. The van der Waals surface area contributed by atoms with E-state index in [1.165, 1.54) is 6.07 Å². The van der Waals surface area contributed by atoms with Crippen LogP contribution in [-0.4, -0.2) is 9.97 Å². The largest absolute Gasteiger partial charge is 0.374 e. The number of nitriles is 1. The maximum Gasteiger partial charge on any atom is 0.143 e. The lowest BCUT2D eigenvalue weighted by atomic mass is 10.1. The smallest absolute Gasteiger partial charge is 0.143 e. The van der Waals surface area contributed by atoms with Crippen molar-refractivity contribution in [3.63, 3.8) is 0 Å². The van der Waals surface area contributed by atoms with Gasteiger partial charge in [0, 0.05) is 12.4 Å². The molecule has 0 fully saturated rings. The molecule has 0 spiro atoms. The summed E-state index contributed by atoms with van der Waals surface area (Å²) >= 11 is 0. The molecule has 1 aromatic heterocycles. The average Bonchev–Trinajstić information content (AvgIpc) is 2.89. The number of imidazole rings is 1. The topological polar surface area (TPSA) is 64.5 Å². The van der Waals surface area contributed by atoms with Crippen LogP contribution in [-0.2, 0) is 0 Å². The van der Waals surface area contributed by atoms with Gasteiger partial charge in [-0.1, -0.05) is 13.0 Å². The first kappa shape index (κ1) is 12.1. The molecule has 1 atom stereocenters. The molecule has 0 aliphatic heterocycles. The van der Waals surface area contributed by atoms with Gasteiger partial charge in [0.15, 0.2) is 0 Å². The molecule has 0 saturated carbocycles. The van der Waals surface area contributed by atoms with E-state index in [0.29, 0.717) is 5.69 Å².